The van der Waals surface area contributed by atoms with Gasteiger partial charge >= 0.3 is 0 Å². The maximum absolute atomic E-state index is 13.0. The molecule has 0 atom stereocenters. The second-order valence-corrected chi connectivity index (χ2v) is 9.47. The fourth-order valence-corrected chi connectivity index (χ4v) is 5.18. The molecule has 1 aliphatic heterocycles. The minimum absolute atomic E-state index is 0.166. The highest BCUT2D eigenvalue weighted by Gasteiger charge is 2.25. The van der Waals surface area contributed by atoms with E-state index in [0.29, 0.717) is 25.2 Å². The lowest BCUT2D eigenvalue weighted by molar-refractivity contribution is 0.0950. The van der Waals surface area contributed by atoms with Crippen LogP contribution in [0.1, 0.15) is 41.6 Å². The van der Waals surface area contributed by atoms with Crippen LogP contribution in [0.4, 0.5) is 0 Å². The molecule has 1 amide bonds. The first-order chi connectivity index (χ1) is 15.0. The Balaban J connectivity index is 1.42. The number of carbonyl (C=O) groups is 1. The summed E-state index contributed by atoms with van der Waals surface area (Å²) < 4.78 is 29.2. The molecule has 0 radical (unpaired) electrons. The van der Waals surface area contributed by atoms with Gasteiger partial charge in [-0.2, -0.15) is 9.40 Å². The molecule has 3 aromatic rings. The van der Waals surface area contributed by atoms with Crippen molar-refractivity contribution in [1.82, 2.24) is 24.4 Å². The van der Waals surface area contributed by atoms with Crippen molar-refractivity contribution >= 4 is 15.9 Å². The van der Waals surface area contributed by atoms with Gasteiger partial charge in [0.25, 0.3) is 5.91 Å². The van der Waals surface area contributed by atoms with E-state index in [0.717, 1.165) is 36.9 Å². The van der Waals surface area contributed by atoms with Gasteiger partial charge in [0.15, 0.2) is 0 Å². The molecule has 0 unspecified atom stereocenters. The van der Waals surface area contributed by atoms with Crippen LogP contribution in [0.25, 0.3) is 5.69 Å². The Morgan fingerprint density at radius 3 is 2.42 bits per heavy atom. The maximum Gasteiger partial charge on any atom is 0.251 e. The number of amides is 1. The summed E-state index contributed by atoms with van der Waals surface area (Å²) in [5.41, 5.74) is 2.12. The molecule has 1 fully saturated rings. The fraction of sp³-hybridized carbons (Fsp3) is 0.318. The Bertz CT molecular complexity index is 1120. The van der Waals surface area contributed by atoms with Crippen molar-refractivity contribution in [2.24, 2.45) is 0 Å². The van der Waals surface area contributed by atoms with Crippen LogP contribution in [-0.4, -0.2) is 46.5 Å². The van der Waals surface area contributed by atoms with E-state index < -0.39 is 10.0 Å². The first kappa shape index (κ1) is 21.2. The van der Waals surface area contributed by atoms with Gasteiger partial charge in [-0.25, -0.2) is 18.1 Å². The van der Waals surface area contributed by atoms with Crippen molar-refractivity contribution in [3.63, 3.8) is 0 Å². The normalized spacial score (nSPS) is 15.4. The molecular weight excluding hydrogens is 414 g/mol. The van der Waals surface area contributed by atoms with Gasteiger partial charge in [0.2, 0.25) is 10.0 Å². The molecule has 1 saturated heterocycles. The van der Waals surface area contributed by atoms with E-state index in [1.54, 1.807) is 29.2 Å². The van der Waals surface area contributed by atoms with E-state index >= 15 is 0 Å². The van der Waals surface area contributed by atoms with Gasteiger partial charge in [0.1, 0.15) is 12.7 Å². The van der Waals surface area contributed by atoms with E-state index in [1.165, 1.54) is 16.7 Å². The molecule has 1 aliphatic rings. The highest BCUT2D eigenvalue weighted by Crippen LogP contribution is 2.21. The Hall–Kier alpha value is -3.04. The average Bonchev–Trinajstić information content (AvgIpc) is 3.19. The Labute approximate surface area is 182 Å². The number of carbonyl (C=O) groups excluding carboxylic acids is 1. The summed E-state index contributed by atoms with van der Waals surface area (Å²) in [4.78, 5) is 16.7. The number of benzene rings is 2. The zero-order valence-corrected chi connectivity index (χ0v) is 18.0. The lowest BCUT2D eigenvalue weighted by Crippen LogP contribution is -2.32. The van der Waals surface area contributed by atoms with Crippen molar-refractivity contribution in [3.8, 4) is 5.69 Å². The molecule has 0 bridgehead atoms. The van der Waals surface area contributed by atoms with Crippen molar-refractivity contribution in [2.45, 2.75) is 37.1 Å². The quantitative estimate of drug-likeness (QED) is 0.637. The van der Waals surface area contributed by atoms with Crippen molar-refractivity contribution in [2.75, 3.05) is 13.1 Å². The Morgan fingerprint density at radius 2 is 1.74 bits per heavy atom. The number of nitrogens with one attached hydrogen (secondary N) is 1. The van der Waals surface area contributed by atoms with Crippen LogP contribution in [0.3, 0.4) is 0 Å². The van der Waals surface area contributed by atoms with E-state index in [-0.39, 0.29) is 10.8 Å². The van der Waals surface area contributed by atoms with Gasteiger partial charge in [-0.05, 0) is 48.7 Å². The number of sulfonamides is 1. The third-order valence-corrected chi connectivity index (χ3v) is 7.27. The number of hydrogen-bond acceptors (Lipinski definition) is 5. The molecule has 9 heteroatoms. The second kappa shape index (κ2) is 9.40. The van der Waals surface area contributed by atoms with Gasteiger partial charge < -0.3 is 5.32 Å². The third-order valence-electron chi connectivity index (χ3n) is 5.37. The predicted molar refractivity (Wildman–Crippen MR) is 116 cm³/mol. The van der Waals surface area contributed by atoms with Crippen molar-refractivity contribution in [3.05, 3.63) is 72.3 Å². The largest absolute Gasteiger partial charge is 0.348 e. The maximum atomic E-state index is 13.0. The number of rotatable bonds is 6. The molecule has 162 valence electrons. The second-order valence-electron chi connectivity index (χ2n) is 7.54. The first-order valence-electron chi connectivity index (χ1n) is 10.4. The molecule has 0 spiro atoms. The molecule has 8 nitrogen and oxygen atoms in total. The van der Waals surface area contributed by atoms with Gasteiger partial charge in [-0.1, -0.05) is 31.0 Å². The molecular formula is C22H25N5O3S. The highest BCUT2D eigenvalue weighted by molar-refractivity contribution is 7.89. The zero-order chi connectivity index (χ0) is 21.7. The summed E-state index contributed by atoms with van der Waals surface area (Å²) in [5.74, 6) is -0.312. The summed E-state index contributed by atoms with van der Waals surface area (Å²) in [6.07, 6.45) is 6.92. The summed E-state index contributed by atoms with van der Waals surface area (Å²) in [7, 11) is -3.59. The van der Waals surface area contributed by atoms with E-state index in [1.807, 2.05) is 24.3 Å². The number of hydrogen-bond donors (Lipinski definition) is 1. The molecule has 4 rings (SSSR count). The molecule has 0 saturated carbocycles. The zero-order valence-electron chi connectivity index (χ0n) is 17.1. The fourth-order valence-electron chi connectivity index (χ4n) is 3.62. The molecule has 2 heterocycles. The number of nitrogens with zero attached hydrogens (tertiary/aromatic N) is 4. The lowest BCUT2D eigenvalue weighted by atomic mass is 10.2. The van der Waals surface area contributed by atoms with Gasteiger partial charge in [0.05, 0.1) is 10.6 Å². The highest BCUT2D eigenvalue weighted by atomic mass is 32.2. The van der Waals surface area contributed by atoms with E-state index in [2.05, 4.69) is 15.4 Å². The first-order valence-corrected chi connectivity index (χ1v) is 11.8. The van der Waals surface area contributed by atoms with Gasteiger partial charge in [0, 0.05) is 25.2 Å². The van der Waals surface area contributed by atoms with Crippen LogP contribution < -0.4 is 5.32 Å². The summed E-state index contributed by atoms with van der Waals surface area (Å²) in [6.45, 7) is 1.40. The Kier molecular flexibility index (Phi) is 6.43. The molecule has 2 aromatic carbocycles. The molecule has 0 aliphatic carbocycles. The van der Waals surface area contributed by atoms with E-state index in [9.17, 15) is 13.2 Å². The van der Waals surface area contributed by atoms with Crippen LogP contribution in [0.5, 0.6) is 0 Å². The number of aromatic nitrogens is 3. The summed E-state index contributed by atoms with van der Waals surface area (Å²) in [6, 6.07) is 13.9. The Morgan fingerprint density at radius 1 is 1.00 bits per heavy atom. The molecule has 31 heavy (non-hydrogen) atoms. The molecule has 1 N–H and O–H groups in total. The monoisotopic (exact) mass is 439 g/mol. The smallest absolute Gasteiger partial charge is 0.251 e. The third kappa shape index (κ3) is 5.00. The van der Waals surface area contributed by atoms with Gasteiger partial charge in [-0.3, -0.25) is 4.79 Å². The minimum Gasteiger partial charge on any atom is -0.348 e. The van der Waals surface area contributed by atoms with Crippen LogP contribution in [0.2, 0.25) is 0 Å². The van der Waals surface area contributed by atoms with Crippen LogP contribution >= 0.6 is 0 Å². The standard InChI is InChI=1S/C22H25N5O3S/c28-22(24-15-18-8-10-20(11-9-18)27-17-23-16-25-27)19-6-5-7-21(14-19)31(29,30)26-12-3-1-2-4-13-26/h5-11,14,16-17H,1-4,12-13,15H2,(H,24,28). The van der Waals surface area contributed by atoms with Crippen molar-refractivity contribution < 1.29 is 13.2 Å². The van der Waals surface area contributed by atoms with E-state index in [4.69, 9.17) is 0 Å². The lowest BCUT2D eigenvalue weighted by Gasteiger charge is -2.20. The predicted octanol–water partition coefficient (Wildman–Crippen LogP) is 2.76. The molecule has 1 aromatic heterocycles. The summed E-state index contributed by atoms with van der Waals surface area (Å²) in [5, 5.41) is 6.94. The van der Waals surface area contributed by atoms with Crippen molar-refractivity contribution in [1.29, 1.82) is 0 Å². The topological polar surface area (TPSA) is 97.2 Å². The summed E-state index contributed by atoms with van der Waals surface area (Å²) >= 11 is 0. The van der Waals surface area contributed by atoms with Crippen LogP contribution in [-0.2, 0) is 16.6 Å². The SMILES string of the molecule is O=C(NCc1ccc(-n2cncn2)cc1)c1cccc(S(=O)(=O)N2CCCCCC2)c1. The van der Waals surface area contributed by atoms with Gasteiger partial charge in [-0.15, -0.1) is 0 Å². The minimum atomic E-state index is -3.59. The average molecular weight is 440 g/mol. The van der Waals surface area contributed by atoms with Crippen LogP contribution in [0.15, 0.2) is 66.1 Å². The van der Waals surface area contributed by atoms with Crippen LogP contribution in [0, 0.1) is 0 Å².